The summed E-state index contributed by atoms with van der Waals surface area (Å²) in [5.74, 6) is -1.67. The molecule has 0 bridgehead atoms. The van der Waals surface area contributed by atoms with Crippen molar-refractivity contribution in [1.29, 1.82) is 0 Å². The van der Waals surface area contributed by atoms with E-state index in [1.807, 2.05) is 0 Å². The Morgan fingerprint density at radius 3 is 2.48 bits per heavy atom. The first-order chi connectivity index (χ1) is 19.1. The number of carbonyl (C=O) groups is 2. The second-order valence-corrected chi connectivity index (χ2v) is 11.2. The van der Waals surface area contributed by atoms with E-state index in [1.54, 1.807) is 32.0 Å². The molecule has 1 aliphatic carbocycles. The van der Waals surface area contributed by atoms with E-state index in [9.17, 15) is 14.4 Å². The van der Waals surface area contributed by atoms with E-state index in [4.69, 9.17) is 14.0 Å². The predicted molar refractivity (Wildman–Crippen MR) is 141 cm³/mol. The Bertz CT molecular complexity index is 1470. The van der Waals surface area contributed by atoms with Crippen molar-refractivity contribution in [3.8, 4) is 5.75 Å². The SMILES string of the molecule is COc1ccc2c(c1)CCN(C(=O)c1cc(=O)[nH]o1)[C@H]2C(=O)Cc1cc(F)c(C(C)(C)COCC2CC2)c(F)c1. The molecule has 1 N–H and O–H groups in total. The highest BCUT2D eigenvalue weighted by Gasteiger charge is 2.38. The number of nitrogens with zero attached hydrogens (tertiary/aromatic N) is 1. The molecule has 1 aliphatic heterocycles. The van der Waals surface area contributed by atoms with Crippen LogP contribution in [0.4, 0.5) is 8.78 Å². The zero-order valence-corrected chi connectivity index (χ0v) is 22.7. The van der Waals surface area contributed by atoms with Crippen LogP contribution in [0.2, 0.25) is 0 Å². The molecule has 1 amide bonds. The molecule has 1 fully saturated rings. The van der Waals surface area contributed by atoms with E-state index < -0.39 is 40.3 Å². The van der Waals surface area contributed by atoms with Crippen LogP contribution in [0.25, 0.3) is 0 Å². The number of rotatable bonds is 10. The molecule has 212 valence electrons. The summed E-state index contributed by atoms with van der Waals surface area (Å²) in [5, 5.41) is 2.09. The topological polar surface area (TPSA) is 102 Å². The third kappa shape index (κ3) is 5.72. The molecule has 1 aromatic heterocycles. The monoisotopic (exact) mass is 554 g/mol. The molecule has 8 nitrogen and oxygen atoms in total. The number of ether oxygens (including phenoxy) is 2. The number of Topliss-reactive ketones (excluding diaryl/α,β-unsaturated/α-hetero) is 1. The maximum absolute atomic E-state index is 15.3. The number of hydrogen-bond donors (Lipinski definition) is 1. The molecule has 0 saturated heterocycles. The smallest absolute Gasteiger partial charge is 0.293 e. The second-order valence-electron chi connectivity index (χ2n) is 11.2. The fraction of sp³-hybridized carbons (Fsp3) is 0.433. The van der Waals surface area contributed by atoms with Gasteiger partial charge in [0.25, 0.3) is 11.5 Å². The van der Waals surface area contributed by atoms with Crippen LogP contribution in [-0.4, -0.2) is 48.6 Å². The first-order valence-corrected chi connectivity index (χ1v) is 13.3. The van der Waals surface area contributed by atoms with Crippen molar-refractivity contribution in [2.45, 2.75) is 51.0 Å². The Balaban J connectivity index is 1.42. The van der Waals surface area contributed by atoms with E-state index in [2.05, 4.69) is 5.16 Å². The number of fused-ring (bicyclic) bond motifs is 1. The van der Waals surface area contributed by atoms with Crippen LogP contribution in [0, 0.1) is 17.6 Å². The molecule has 40 heavy (non-hydrogen) atoms. The van der Waals surface area contributed by atoms with Gasteiger partial charge in [0, 0.05) is 30.6 Å². The number of aromatic amines is 1. The van der Waals surface area contributed by atoms with Crippen LogP contribution in [0.15, 0.2) is 45.7 Å². The van der Waals surface area contributed by atoms with E-state index in [-0.39, 0.29) is 36.5 Å². The number of methoxy groups -OCH3 is 1. The lowest BCUT2D eigenvalue weighted by atomic mass is 9.83. The van der Waals surface area contributed by atoms with Gasteiger partial charge in [-0.3, -0.25) is 14.4 Å². The summed E-state index contributed by atoms with van der Waals surface area (Å²) in [6, 6.07) is 7.51. The molecule has 2 heterocycles. The minimum absolute atomic E-state index is 0.0890. The average molecular weight is 555 g/mol. The Labute approximate surface area is 230 Å². The highest BCUT2D eigenvalue weighted by Crippen LogP contribution is 2.36. The van der Waals surface area contributed by atoms with Crippen molar-refractivity contribution < 1.29 is 32.4 Å². The first kappa shape index (κ1) is 27.8. The number of ketones is 1. The summed E-state index contributed by atoms with van der Waals surface area (Å²) in [7, 11) is 1.53. The molecule has 3 aromatic rings. The maximum Gasteiger partial charge on any atom is 0.293 e. The molecular formula is C30H32F2N2O6. The summed E-state index contributed by atoms with van der Waals surface area (Å²) in [4.78, 5) is 39.9. The minimum atomic E-state index is -1.06. The van der Waals surface area contributed by atoms with Crippen LogP contribution in [-0.2, 0) is 27.8 Å². The third-order valence-corrected chi connectivity index (χ3v) is 7.55. The first-order valence-electron chi connectivity index (χ1n) is 13.3. The Kier molecular flexibility index (Phi) is 7.63. The number of H-pyrrole nitrogens is 1. The van der Waals surface area contributed by atoms with Gasteiger partial charge < -0.3 is 18.9 Å². The number of benzene rings is 2. The molecule has 0 spiro atoms. The van der Waals surface area contributed by atoms with Gasteiger partial charge in [-0.1, -0.05) is 19.9 Å². The second kappa shape index (κ2) is 11.0. The Morgan fingerprint density at radius 2 is 1.85 bits per heavy atom. The average Bonchev–Trinajstić information content (AvgIpc) is 3.63. The summed E-state index contributed by atoms with van der Waals surface area (Å²) >= 11 is 0. The largest absolute Gasteiger partial charge is 0.497 e. The molecule has 2 aliphatic rings. The number of nitrogens with one attached hydrogen (secondary N) is 1. The van der Waals surface area contributed by atoms with Crippen LogP contribution in [0.1, 0.15) is 65.5 Å². The Morgan fingerprint density at radius 1 is 1.12 bits per heavy atom. The van der Waals surface area contributed by atoms with E-state index in [1.165, 1.54) is 24.1 Å². The zero-order chi connectivity index (χ0) is 28.6. The van der Waals surface area contributed by atoms with Gasteiger partial charge in [-0.2, -0.15) is 5.16 Å². The van der Waals surface area contributed by atoms with Gasteiger partial charge in [-0.05, 0) is 66.1 Å². The quantitative estimate of drug-likeness (QED) is 0.396. The van der Waals surface area contributed by atoms with Crippen molar-refractivity contribution in [2.75, 3.05) is 26.9 Å². The predicted octanol–water partition coefficient (Wildman–Crippen LogP) is 4.51. The van der Waals surface area contributed by atoms with E-state index in [0.29, 0.717) is 30.3 Å². The van der Waals surface area contributed by atoms with Crippen LogP contribution >= 0.6 is 0 Å². The highest BCUT2D eigenvalue weighted by molar-refractivity contribution is 5.97. The fourth-order valence-electron chi connectivity index (χ4n) is 5.34. The molecule has 1 atom stereocenters. The molecule has 1 saturated carbocycles. The zero-order valence-electron chi connectivity index (χ0n) is 22.7. The van der Waals surface area contributed by atoms with Gasteiger partial charge in [0.2, 0.25) is 5.76 Å². The molecule has 0 radical (unpaired) electrons. The van der Waals surface area contributed by atoms with Crippen LogP contribution in [0.5, 0.6) is 5.75 Å². The van der Waals surface area contributed by atoms with Crippen LogP contribution < -0.4 is 10.3 Å². The lowest BCUT2D eigenvalue weighted by Crippen LogP contribution is -2.44. The van der Waals surface area contributed by atoms with Gasteiger partial charge in [0.15, 0.2) is 5.78 Å². The lowest BCUT2D eigenvalue weighted by Gasteiger charge is -2.36. The molecule has 5 rings (SSSR count). The van der Waals surface area contributed by atoms with Gasteiger partial charge in [0.1, 0.15) is 23.4 Å². The summed E-state index contributed by atoms with van der Waals surface area (Å²) in [6.07, 6.45) is 2.36. The van der Waals surface area contributed by atoms with Gasteiger partial charge in [-0.15, -0.1) is 0 Å². The van der Waals surface area contributed by atoms with Crippen molar-refractivity contribution in [2.24, 2.45) is 5.92 Å². The number of carbonyl (C=O) groups excluding carboxylic acids is 2. The third-order valence-electron chi connectivity index (χ3n) is 7.55. The lowest BCUT2D eigenvalue weighted by molar-refractivity contribution is -0.123. The van der Waals surface area contributed by atoms with Gasteiger partial charge in [0.05, 0.1) is 19.8 Å². The molecule has 0 unspecified atom stereocenters. The van der Waals surface area contributed by atoms with Crippen molar-refractivity contribution in [1.82, 2.24) is 10.1 Å². The summed E-state index contributed by atoms with van der Waals surface area (Å²) in [5.41, 5.74) is -0.0297. The fourth-order valence-corrected chi connectivity index (χ4v) is 5.34. The number of hydrogen-bond acceptors (Lipinski definition) is 6. The van der Waals surface area contributed by atoms with E-state index in [0.717, 1.165) is 24.5 Å². The highest BCUT2D eigenvalue weighted by atomic mass is 19.1. The van der Waals surface area contributed by atoms with Crippen molar-refractivity contribution in [3.05, 3.63) is 86.4 Å². The van der Waals surface area contributed by atoms with Gasteiger partial charge in [-0.25, -0.2) is 8.78 Å². The maximum atomic E-state index is 15.3. The number of amides is 1. The summed E-state index contributed by atoms with van der Waals surface area (Å²) in [6.45, 7) is 4.37. The van der Waals surface area contributed by atoms with Crippen LogP contribution in [0.3, 0.4) is 0 Å². The van der Waals surface area contributed by atoms with Gasteiger partial charge >= 0.3 is 0 Å². The molecule has 2 aromatic carbocycles. The molecule has 10 heteroatoms. The minimum Gasteiger partial charge on any atom is -0.497 e. The normalized spacial score (nSPS) is 17.0. The number of aromatic nitrogens is 1. The standard InChI is InChI=1S/C30H32F2N2O6/c1-30(2,16-39-15-17-4-5-17)27-22(31)10-18(11-23(27)32)12-24(35)28-21-7-6-20(38-3)13-19(21)8-9-34(28)29(37)25-14-26(36)33-40-25/h6-7,10-11,13-14,17,28H,4-5,8-9,12,15-16H2,1-3H3,(H,33,36)/t28-/m1/s1. The summed E-state index contributed by atoms with van der Waals surface area (Å²) < 4.78 is 46.7. The molecular weight excluding hydrogens is 522 g/mol. The van der Waals surface area contributed by atoms with E-state index >= 15 is 8.78 Å². The Hall–Kier alpha value is -3.79. The van der Waals surface area contributed by atoms with Crippen molar-refractivity contribution in [3.63, 3.8) is 0 Å². The van der Waals surface area contributed by atoms with Crippen molar-refractivity contribution >= 4 is 11.7 Å². The number of halogens is 2.